The third-order valence-electron chi connectivity index (χ3n) is 2.28. The SMILES string of the molecule is CCOC(=O)CC(CC=C(C)C)/C(C)=N/O. The first-order valence-electron chi connectivity index (χ1n) is 5.48. The summed E-state index contributed by atoms with van der Waals surface area (Å²) in [5.74, 6) is -0.336. The predicted octanol–water partition coefficient (Wildman–Crippen LogP) is 2.76. The van der Waals surface area contributed by atoms with Gasteiger partial charge in [0.05, 0.1) is 18.7 Å². The van der Waals surface area contributed by atoms with Crippen molar-refractivity contribution in [3.05, 3.63) is 11.6 Å². The number of carbonyl (C=O) groups excluding carboxylic acids is 1. The minimum Gasteiger partial charge on any atom is -0.466 e. The number of oxime groups is 1. The molecule has 92 valence electrons. The molecule has 16 heavy (non-hydrogen) atoms. The fraction of sp³-hybridized carbons (Fsp3) is 0.667. The molecule has 1 atom stereocenters. The Morgan fingerprint density at radius 1 is 1.44 bits per heavy atom. The number of hydrogen-bond acceptors (Lipinski definition) is 4. The van der Waals surface area contributed by atoms with Gasteiger partial charge >= 0.3 is 5.97 Å². The van der Waals surface area contributed by atoms with Gasteiger partial charge in [-0.3, -0.25) is 4.79 Å². The lowest BCUT2D eigenvalue weighted by Crippen LogP contribution is -2.17. The molecule has 0 spiro atoms. The molecule has 0 aromatic carbocycles. The van der Waals surface area contributed by atoms with Crippen LogP contribution in [0, 0.1) is 5.92 Å². The van der Waals surface area contributed by atoms with E-state index in [-0.39, 0.29) is 18.3 Å². The van der Waals surface area contributed by atoms with Crippen LogP contribution in [0.25, 0.3) is 0 Å². The second-order valence-corrected chi connectivity index (χ2v) is 3.96. The average molecular weight is 227 g/mol. The Morgan fingerprint density at radius 3 is 2.50 bits per heavy atom. The second-order valence-electron chi connectivity index (χ2n) is 3.96. The molecular formula is C12H21NO3. The number of nitrogens with zero attached hydrogens (tertiary/aromatic N) is 1. The highest BCUT2D eigenvalue weighted by atomic mass is 16.5. The summed E-state index contributed by atoms with van der Waals surface area (Å²) in [6.45, 7) is 7.85. The van der Waals surface area contributed by atoms with Gasteiger partial charge in [-0.25, -0.2) is 0 Å². The summed E-state index contributed by atoms with van der Waals surface area (Å²) in [7, 11) is 0. The zero-order valence-electron chi connectivity index (χ0n) is 10.5. The zero-order valence-corrected chi connectivity index (χ0v) is 10.5. The smallest absolute Gasteiger partial charge is 0.306 e. The van der Waals surface area contributed by atoms with Crippen molar-refractivity contribution in [1.29, 1.82) is 0 Å². The molecule has 0 radical (unpaired) electrons. The molecule has 0 bridgehead atoms. The molecule has 0 aromatic rings. The van der Waals surface area contributed by atoms with Crippen LogP contribution in [0.1, 0.15) is 40.5 Å². The van der Waals surface area contributed by atoms with E-state index in [9.17, 15) is 4.79 Å². The van der Waals surface area contributed by atoms with Gasteiger partial charge in [-0.1, -0.05) is 16.8 Å². The molecule has 0 saturated heterocycles. The molecule has 0 heterocycles. The third kappa shape index (κ3) is 6.22. The van der Waals surface area contributed by atoms with Crippen LogP contribution in [0.15, 0.2) is 16.8 Å². The highest BCUT2D eigenvalue weighted by molar-refractivity contribution is 5.87. The fourth-order valence-corrected chi connectivity index (χ4v) is 1.28. The summed E-state index contributed by atoms with van der Waals surface area (Å²) in [6, 6.07) is 0. The molecule has 4 heteroatoms. The number of esters is 1. The van der Waals surface area contributed by atoms with Crippen molar-refractivity contribution in [3.63, 3.8) is 0 Å². The lowest BCUT2D eigenvalue weighted by Gasteiger charge is -2.13. The predicted molar refractivity (Wildman–Crippen MR) is 63.7 cm³/mol. The van der Waals surface area contributed by atoms with Gasteiger partial charge in [0.25, 0.3) is 0 Å². The van der Waals surface area contributed by atoms with E-state index in [1.54, 1.807) is 13.8 Å². The first-order chi connectivity index (χ1) is 7.51. The van der Waals surface area contributed by atoms with Crippen LogP contribution in [0.5, 0.6) is 0 Å². The number of carbonyl (C=O) groups is 1. The van der Waals surface area contributed by atoms with Gasteiger partial charge in [-0.05, 0) is 34.1 Å². The van der Waals surface area contributed by atoms with E-state index in [1.165, 1.54) is 5.57 Å². The van der Waals surface area contributed by atoms with Gasteiger partial charge < -0.3 is 9.94 Å². The zero-order chi connectivity index (χ0) is 12.6. The van der Waals surface area contributed by atoms with E-state index in [0.29, 0.717) is 18.7 Å². The fourth-order valence-electron chi connectivity index (χ4n) is 1.28. The van der Waals surface area contributed by atoms with Crippen molar-refractivity contribution in [2.24, 2.45) is 11.1 Å². The number of ether oxygens (including phenoxy) is 1. The lowest BCUT2D eigenvalue weighted by atomic mass is 9.95. The van der Waals surface area contributed by atoms with Gasteiger partial charge in [0, 0.05) is 5.92 Å². The molecule has 0 aliphatic heterocycles. The summed E-state index contributed by atoms with van der Waals surface area (Å²) in [6.07, 6.45) is 2.98. The molecule has 0 amide bonds. The van der Waals surface area contributed by atoms with Gasteiger partial charge in [0.1, 0.15) is 0 Å². The Bertz CT molecular complexity index is 278. The average Bonchev–Trinajstić information content (AvgIpc) is 2.23. The van der Waals surface area contributed by atoms with Crippen LogP contribution < -0.4 is 0 Å². The summed E-state index contributed by atoms with van der Waals surface area (Å²) in [5, 5.41) is 11.9. The molecule has 0 rings (SSSR count). The molecule has 0 aliphatic carbocycles. The maximum absolute atomic E-state index is 11.3. The van der Waals surface area contributed by atoms with Gasteiger partial charge in [0.2, 0.25) is 0 Å². The molecule has 0 aromatic heterocycles. The lowest BCUT2D eigenvalue weighted by molar-refractivity contribution is -0.143. The number of rotatable bonds is 6. The molecule has 0 saturated carbocycles. The molecule has 4 nitrogen and oxygen atoms in total. The summed E-state index contributed by atoms with van der Waals surface area (Å²) >= 11 is 0. The Hall–Kier alpha value is -1.32. The molecular weight excluding hydrogens is 206 g/mol. The van der Waals surface area contributed by atoms with Crippen LogP contribution >= 0.6 is 0 Å². The van der Waals surface area contributed by atoms with Crippen molar-refractivity contribution >= 4 is 11.7 Å². The molecule has 1 N–H and O–H groups in total. The first kappa shape index (κ1) is 14.7. The summed E-state index contributed by atoms with van der Waals surface area (Å²) in [5.41, 5.74) is 1.74. The Kier molecular flexibility index (Phi) is 7.25. The van der Waals surface area contributed by atoms with E-state index in [1.807, 2.05) is 19.9 Å². The summed E-state index contributed by atoms with van der Waals surface area (Å²) < 4.78 is 4.88. The van der Waals surface area contributed by atoms with Gasteiger partial charge in [-0.15, -0.1) is 0 Å². The van der Waals surface area contributed by atoms with E-state index in [0.717, 1.165) is 0 Å². The van der Waals surface area contributed by atoms with Gasteiger partial charge in [-0.2, -0.15) is 0 Å². The Labute approximate surface area is 97.0 Å². The highest BCUT2D eigenvalue weighted by Gasteiger charge is 2.17. The van der Waals surface area contributed by atoms with E-state index in [4.69, 9.17) is 9.94 Å². The minimum absolute atomic E-state index is 0.0843. The van der Waals surface area contributed by atoms with Crippen molar-refractivity contribution in [2.45, 2.75) is 40.5 Å². The van der Waals surface area contributed by atoms with Crippen LogP contribution in [-0.2, 0) is 9.53 Å². The van der Waals surface area contributed by atoms with E-state index in [2.05, 4.69) is 5.16 Å². The molecule has 0 aliphatic rings. The van der Waals surface area contributed by atoms with Crippen molar-refractivity contribution in [1.82, 2.24) is 0 Å². The second kappa shape index (κ2) is 7.91. The molecule has 0 fully saturated rings. The van der Waals surface area contributed by atoms with Crippen LogP contribution in [0.3, 0.4) is 0 Å². The first-order valence-corrected chi connectivity index (χ1v) is 5.48. The number of hydrogen-bond donors (Lipinski definition) is 1. The van der Waals surface area contributed by atoms with E-state index >= 15 is 0 Å². The number of allylic oxidation sites excluding steroid dienone is 2. The van der Waals surface area contributed by atoms with Crippen LogP contribution in [0.2, 0.25) is 0 Å². The van der Waals surface area contributed by atoms with E-state index < -0.39 is 0 Å². The Morgan fingerprint density at radius 2 is 2.06 bits per heavy atom. The topological polar surface area (TPSA) is 58.9 Å². The van der Waals surface area contributed by atoms with Crippen molar-refractivity contribution in [2.75, 3.05) is 6.61 Å². The van der Waals surface area contributed by atoms with Gasteiger partial charge in [0.15, 0.2) is 0 Å². The summed E-state index contributed by atoms with van der Waals surface area (Å²) in [4.78, 5) is 11.3. The quantitative estimate of drug-likeness (QED) is 0.249. The Balaban J connectivity index is 4.44. The minimum atomic E-state index is -0.252. The molecule has 1 unspecified atom stereocenters. The third-order valence-corrected chi connectivity index (χ3v) is 2.28. The highest BCUT2D eigenvalue weighted by Crippen LogP contribution is 2.14. The maximum Gasteiger partial charge on any atom is 0.306 e. The van der Waals surface area contributed by atoms with Crippen molar-refractivity contribution < 1.29 is 14.7 Å². The van der Waals surface area contributed by atoms with Crippen molar-refractivity contribution in [3.8, 4) is 0 Å². The van der Waals surface area contributed by atoms with Crippen LogP contribution in [-0.4, -0.2) is 23.5 Å². The standard InChI is InChI=1S/C12H21NO3/c1-5-16-12(14)8-11(10(4)13-15)7-6-9(2)3/h6,11,15H,5,7-8H2,1-4H3/b13-10+. The monoisotopic (exact) mass is 227 g/mol. The van der Waals surface area contributed by atoms with Crippen LogP contribution in [0.4, 0.5) is 0 Å². The maximum atomic E-state index is 11.3. The largest absolute Gasteiger partial charge is 0.466 e. The normalized spacial score (nSPS) is 13.1.